The van der Waals surface area contributed by atoms with Gasteiger partial charge in [0.1, 0.15) is 17.5 Å². The molecule has 0 saturated carbocycles. The summed E-state index contributed by atoms with van der Waals surface area (Å²) in [5, 5.41) is 15.6. The zero-order valence-electron chi connectivity index (χ0n) is 16.8. The fraction of sp³-hybridized carbons (Fsp3) is 0.174. The van der Waals surface area contributed by atoms with Crippen molar-refractivity contribution in [2.75, 3.05) is 7.11 Å². The van der Waals surface area contributed by atoms with Crippen LogP contribution in [0.4, 0.5) is 0 Å². The number of carboxylic acid groups (broad SMARTS) is 1. The molecule has 8 heteroatoms. The number of carbonyl (C=O) groups is 2. The van der Waals surface area contributed by atoms with Crippen LogP contribution in [0.3, 0.4) is 0 Å². The highest BCUT2D eigenvalue weighted by atomic mass is 32.1. The minimum absolute atomic E-state index is 0.175. The molecule has 0 fully saturated rings. The summed E-state index contributed by atoms with van der Waals surface area (Å²) in [6.45, 7) is 0. The molecule has 0 spiro atoms. The van der Waals surface area contributed by atoms with Crippen molar-refractivity contribution in [1.29, 1.82) is 0 Å². The van der Waals surface area contributed by atoms with E-state index in [1.165, 1.54) is 11.3 Å². The number of hydrogen-bond acceptors (Lipinski definition) is 5. The Hall–Kier alpha value is -3.65. The molecule has 0 saturated heterocycles. The number of H-pyrrole nitrogens is 1. The Labute approximate surface area is 182 Å². The molecule has 4 rings (SSSR count). The van der Waals surface area contributed by atoms with Gasteiger partial charge in [-0.25, -0.2) is 9.78 Å². The molecule has 158 valence electrons. The van der Waals surface area contributed by atoms with Crippen LogP contribution < -0.4 is 10.1 Å². The van der Waals surface area contributed by atoms with Gasteiger partial charge >= 0.3 is 5.97 Å². The molecule has 0 bridgehead atoms. The molecule has 2 aromatic heterocycles. The van der Waals surface area contributed by atoms with Gasteiger partial charge in [0, 0.05) is 35.3 Å². The van der Waals surface area contributed by atoms with E-state index in [-0.39, 0.29) is 12.1 Å². The number of aromatic amines is 1. The number of benzene rings is 2. The molecule has 0 aliphatic carbocycles. The average Bonchev–Trinajstić information content (AvgIpc) is 3.41. The first kappa shape index (κ1) is 20.6. The molecule has 0 aliphatic heterocycles. The van der Waals surface area contributed by atoms with Crippen LogP contribution in [0, 0.1) is 0 Å². The quantitative estimate of drug-likeness (QED) is 0.392. The zero-order chi connectivity index (χ0) is 21.8. The van der Waals surface area contributed by atoms with Gasteiger partial charge in [0.2, 0.25) is 0 Å². The first-order valence-corrected chi connectivity index (χ1v) is 10.6. The van der Waals surface area contributed by atoms with Gasteiger partial charge in [-0.3, -0.25) is 4.79 Å². The Kier molecular flexibility index (Phi) is 5.99. The number of para-hydroxylation sites is 1. The minimum atomic E-state index is -1.09. The molecule has 3 N–H and O–H groups in total. The highest BCUT2D eigenvalue weighted by molar-refractivity contribution is 7.09. The molecule has 0 aliphatic rings. The molecule has 31 heavy (non-hydrogen) atoms. The van der Waals surface area contributed by atoms with Gasteiger partial charge in [-0.05, 0) is 29.3 Å². The maximum absolute atomic E-state index is 12.6. The van der Waals surface area contributed by atoms with Crippen molar-refractivity contribution < 1.29 is 19.4 Å². The second-order valence-electron chi connectivity index (χ2n) is 7.08. The summed E-state index contributed by atoms with van der Waals surface area (Å²) in [5.41, 5.74) is 3.03. The third-order valence-corrected chi connectivity index (χ3v) is 5.85. The number of carboxylic acids is 1. The molecule has 4 aromatic rings. The number of rotatable bonds is 8. The van der Waals surface area contributed by atoms with Crippen molar-refractivity contribution in [2.24, 2.45) is 0 Å². The van der Waals surface area contributed by atoms with E-state index >= 15 is 0 Å². The van der Waals surface area contributed by atoms with Crippen LogP contribution >= 0.6 is 11.3 Å². The van der Waals surface area contributed by atoms with Crippen molar-refractivity contribution >= 4 is 34.1 Å². The highest BCUT2D eigenvalue weighted by Gasteiger charge is 2.23. The monoisotopic (exact) mass is 435 g/mol. The summed E-state index contributed by atoms with van der Waals surface area (Å²) in [4.78, 5) is 31.9. The molecule has 1 amide bonds. The topological polar surface area (TPSA) is 104 Å². The highest BCUT2D eigenvalue weighted by Crippen LogP contribution is 2.20. The van der Waals surface area contributed by atoms with Gasteiger partial charge < -0.3 is 20.1 Å². The lowest BCUT2D eigenvalue weighted by Crippen LogP contribution is -2.42. The summed E-state index contributed by atoms with van der Waals surface area (Å²) in [5.74, 6) is -0.811. The van der Waals surface area contributed by atoms with E-state index < -0.39 is 17.9 Å². The Bertz CT molecular complexity index is 1210. The predicted octanol–water partition coefficient (Wildman–Crippen LogP) is 3.65. The van der Waals surface area contributed by atoms with E-state index in [2.05, 4.69) is 15.3 Å². The second kappa shape index (κ2) is 9.01. The summed E-state index contributed by atoms with van der Waals surface area (Å²) >= 11 is 1.37. The number of thiazole rings is 1. The van der Waals surface area contributed by atoms with Gasteiger partial charge in [-0.1, -0.05) is 30.3 Å². The van der Waals surface area contributed by atoms with Gasteiger partial charge in [-0.15, -0.1) is 11.3 Å². The fourth-order valence-electron chi connectivity index (χ4n) is 3.37. The summed E-state index contributed by atoms with van der Waals surface area (Å²) in [6.07, 6.45) is 2.54. The van der Waals surface area contributed by atoms with E-state index in [0.717, 1.165) is 32.8 Å². The van der Waals surface area contributed by atoms with Crippen LogP contribution in [0.2, 0.25) is 0 Å². The van der Waals surface area contributed by atoms with E-state index in [1.807, 2.05) is 48.5 Å². The lowest BCUT2D eigenvalue weighted by molar-refractivity contribution is -0.139. The average molecular weight is 436 g/mol. The van der Waals surface area contributed by atoms with E-state index in [4.69, 9.17) is 4.74 Å². The summed E-state index contributed by atoms with van der Waals surface area (Å²) < 4.78 is 5.16. The van der Waals surface area contributed by atoms with Gasteiger partial charge in [0.25, 0.3) is 5.91 Å². The van der Waals surface area contributed by atoms with Crippen LogP contribution in [-0.4, -0.2) is 40.1 Å². The van der Waals surface area contributed by atoms with Crippen molar-refractivity contribution in [3.8, 4) is 5.75 Å². The lowest BCUT2D eigenvalue weighted by Gasteiger charge is -2.13. The maximum atomic E-state index is 12.6. The van der Waals surface area contributed by atoms with Gasteiger partial charge in [0.05, 0.1) is 12.1 Å². The number of nitrogens with one attached hydrogen (secondary N) is 2. The number of nitrogens with zero attached hydrogens (tertiary/aromatic N) is 1. The largest absolute Gasteiger partial charge is 0.497 e. The summed E-state index contributed by atoms with van der Waals surface area (Å²) in [7, 11) is 1.61. The number of methoxy groups -OCH3 is 1. The first-order chi connectivity index (χ1) is 15.0. The number of fused-ring (bicyclic) bond motifs is 1. The minimum Gasteiger partial charge on any atom is -0.497 e. The predicted molar refractivity (Wildman–Crippen MR) is 119 cm³/mol. The number of aliphatic carboxylic acids is 1. The Morgan fingerprint density at radius 3 is 2.71 bits per heavy atom. The number of hydrogen-bond donors (Lipinski definition) is 3. The Balaban J connectivity index is 1.43. The number of aromatic nitrogens is 2. The van der Waals surface area contributed by atoms with Crippen LogP contribution in [0.25, 0.3) is 10.9 Å². The first-order valence-electron chi connectivity index (χ1n) is 9.69. The third-order valence-electron chi connectivity index (χ3n) is 5.00. The lowest BCUT2D eigenvalue weighted by atomic mass is 10.0. The molecule has 7 nitrogen and oxygen atoms in total. The molecule has 2 aromatic carbocycles. The smallest absolute Gasteiger partial charge is 0.326 e. The van der Waals surface area contributed by atoms with Crippen molar-refractivity contribution in [2.45, 2.75) is 18.9 Å². The fourth-order valence-corrected chi connectivity index (χ4v) is 4.18. The second-order valence-corrected chi connectivity index (χ2v) is 8.02. The molecular formula is C23H21N3O4S. The van der Waals surface area contributed by atoms with Gasteiger partial charge in [0.15, 0.2) is 0 Å². The molecule has 1 unspecified atom stereocenters. The standard InChI is InChI=1S/C23H21N3O4S/c1-30-16-8-6-14(7-9-16)10-21-25-20(13-31-21)22(27)26-19(23(28)29)11-15-12-24-18-5-3-2-4-17(15)18/h2-9,12-13,19,24H,10-11H2,1H3,(H,26,27)(H,28,29). The van der Waals surface area contributed by atoms with Crippen molar-refractivity contribution in [3.05, 3.63) is 81.9 Å². The molecule has 1 atom stereocenters. The third kappa shape index (κ3) is 4.75. The van der Waals surface area contributed by atoms with Crippen LogP contribution in [-0.2, 0) is 17.6 Å². The normalized spacial score (nSPS) is 11.9. The van der Waals surface area contributed by atoms with E-state index in [1.54, 1.807) is 18.7 Å². The Morgan fingerprint density at radius 1 is 1.19 bits per heavy atom. The number of carbonyl (C=O) groups excluding carboxylic acids is 1. The molecule has 0 radical (unpaired) electrons. The van der Waals surface area contributed by atoms with Crippen LogP contribution in [0.5, 0.6) is 5.75 Å². The summed E-state index contributed by atoms with van der Waals surface area (Å²) in [6, 6.07) is 14.2. The van der Waals surface area contributed by atoms with Crippen LogP contribution in [0.15, 0.2) is 60.1 Å². The van der Waals surface area contributed by atoms with E-state index in [9.17, 15) is 14.7 Å². The zero-order valence-corrected chi connectivity index (χ0v) is 17.6. The number of ether oxygens (including phenoxy) is 1. The van der Waals surface area contributed by atoms with Gasteiger partial charge in [-0.2, -0.15) is 0 Å². The molecular weight excluding hydrogens is 414 g/mol. The maximum Gasteiger partial charge on any atom is 0.326 e. The number of amides is 1. The van der Waals surface area contributed by atoms with Crippen molar-refractivity contribution in [3.63, 3.8) is 0 Å². The molecule has 2 heterocycles. The van der Waals surface area contributed by atoms with Crippen LogP contribution in [0.1, 0.15) is 26.6 Å². The Morgan fingerprint density at radius 2 is 1.97 bits per heavy atom. The SMILES string of the molecule is COc1ccc(Cc2nc(C(=O)NC(Cc3c[nH]c4ccccc34)C(=O)O)cs2)cc1. The van der Waals surface area contributed by atoms with Crippen molar-refractivity contribution in [1.82, 2.24) is 15.3 Å². The van der Waals surface area contributed by atoms with E-state index in [0.29, 0.717) is 6.42 Å².